The highest BCUT2D eigenvalue weighted by molar-refractivity contribution is 5.91. The number of esters is 2. The fourth-order valence-electron chi connectivity index (χ4n) is 3.25. The van der Waals surface area contributed by atoms with E-state index in [-0.39, 0.29) is 31.1 Å². The van der Waals surface area contributed by atoms with Crippen LogP contribution in [0.2, 0.25) is 0 Å². The Kier molecular flexibility index (Phi) is 11.4. The lowest BCUT2D eigenvalue weighted by Gasteiger charge is -2.25. The summed E-state index contributed by atoms with van der Waals surface area (Å²) in [5, 5.41) is 2.62. The molecule has 1 rings (SSSR count). The molecule has 0 aliphatic rings. The van der Waals surface area contributed by atoms with Gasteiger partial charge in [0.25, 0.3) is 0 Å². The van der Waals surface area contributed by atoms with E-state index >= 15 is 0 Å². The Hall–Kier alpha value is -2.90. The van der Waals surface area contributed by atoms with Gasteiger partial charge in [-0.3, -0.25) is 14.4 Å². The normalized spacial score (nSPS) is 13.5. The first kappa shape index (κ1) is 30.1. The van der Waals surface area contributed by atoms with Crippen LogP contribution in [0.1, 0.15) is 80.2 Å². The van der Waals surface area contributed by atoms with Crippen molar-refractivity contribution in [1.82, 2.24) is 5.32 Å². The van der Waals surface area contributed by atoms with Gasteiger partial charge in [0, 0.05) is 6.42 Å². The molecule has 1 amide bonds. The number of hydrogen-bond acceptors (Lipinski definition) is 7. The summed E-state index contributed by atoms with van der Waals surface area (Å²) in [4.78, 5) is 50.9. The van der Waals surface area contributed by atoms with Gasteiger partial charge in [-0.25, -0.2) is 4.79 Å². The topological polar surface area (TPSA) is 108 Å². The number of Topliss-reactive ketones (excluding diaryl/α,β-unsaturated/α-hetero) is 1. The second-order valence-electron chi connectivity index (χ2n) is 11.1. The molecule has 0 heterocycles. The van der Waals surface area contributed by atoms with Gasteiger partial charge < -0.3 is 19.5 Å². The summed E-state index contributed by atoms with van der Waals surface area (Å²) in [7, 11) is 0. The van der Waals surface area contributed by atoms with Crippen molar-refractivity contribution in [3.8, 4) is 0 Å². The molecule has 8 nitrogen and oxygen atoms in total. The number of carbonyl (C=O) groups is 4. The van der Waals surface area contributed by atoms with Crippen molar-refractivity contribution in [2.75, 3.05) is 0 Å². The number of ketones is 1. The van der Waals surface area contributed by atoms with Crippen molar-refractivity contribution < 1.29 is 33.4 Å². The molecule has 0 saturated carbocycles. The molecule has 8 heteroatoms. The molecule has 0 fully saturated rings. The molecule has 0 saturated heterocycles. The summed E-state index contributed by atoms with van der Waals surface area (Å²) in [5.74, 6) is -2.61. The fraction of sp³-hybridized carbons (Fsp3) is 0.630. The van der Waals surface area contributed by atoms with Crippen molar-refractivity contribution in [3.05, 3.63) is 35.9 Å². The van der Waals surface area contributed by atoms with Gasteiger partial charge >= 0.3 is 18.0 Å². The maximum atomic E-state index is 13.2. The molecule has 0 radical (unpaired) electrons. The maximum Gasteiger partial charge on any atom is 0.408 e. The highest BCUT2D eigenvalue weighted by Crippen LogP contribution is 2.20. The molecule has 0 aliphatic carbocycles. The summed E-state index contributed by atoms with van der Waals surface area (Å²) < 4.78 is 16.1. The summed E-state index contributed by atoms with van der Waals surface area (Å²) in [5.41, 5.74) is -0.680. The van der Waals surface area contributed by atoms with Crippen LogP contribution in [0.4, 0.5) is 4.79 Å². The minimum Gasteiger partial charge on any atom is -0.461 e. The molecule has 0 aromatic heterocycles. The van der Waals surface area contributed by atoms with Crippen LogP contribution in [0.5, 0.6) is 0 Å². The Labute approximate surface area is 209 Å². The standard InChI is InChI=1S/C27H41NO7/c1-18(2)14-21(28-25(32)35-27(6,7)8)22(29)15-20(16-23(30)34-26(3,4)5)24(31)33-17-19-12-10-9-11-13-19/h9-13,18,20-21H,14-17H2,1-8H3,(H,28,32)/t20-,21+/m0/s1. The van der Waals surface area contributed by atoms with E-state index < -0.39 is 41.2 Å². The Morgan fingerprint density at radius 2 is 1.43 bits per heavy atom. The molecule has 1 N–H and O–H groups in total. The van der Waals surface area contributed by atoms with Crippen LogP contribution >= 0.6 is 0 Å². The van der Waals surface area contributed by atoms with Gasteiger partial charge in [-0.1, -0.05) is 44.2 Å². The number of hydrogen-bond donors (Lipinski definition) is 1. The summed E-state index contributed by atoms with van der Waals surface area (Å²) in [6.45, 7) is 14.2. The second-order valence-corrected chi connectivity index (χ2v) is 11.1. The largest absolute Gasteiger partial charge is 0.461 e. The number of benzene rings is 1. The average molecular weight is 492 g/mol. The minimum atomic E-state index is -1.05. The van der Waals surface area contributed by atoms with Crippen LogP contribution in [-0.4, -0.2) is 41.1 Å². The van der Waals surface area contributed by atoms with Crippen molar-refractivity contribution in [1.29, 1.82) is 0 Å². The van der Waals surface area contributed by atoms with E-state index in [9.17, 15) is 19.2 Å². The van der Waals surface area contributed by atoms with Crippen LogP contribution in [0.3, 0.4) is 0 Å². The third-order valence-corrected chi connectivity index (χ3v) is 4.62. The predicted molar refractivity (Wildman–Crippen MR) is 132 cm³/mol. The maximum absolute atomic E-state index is 13.2. The number of carbonyl (C=O) groups excluding carboxylic acids is 4. The molecule has 196 valence electrons. The Morgan fingerprint density at radius 3 is 1.94 bits per heavy atom. The zero-order valence-corrected chi connectivity index (χ0v) is 22.3. The molecule has 2 atom stereocenters. The lowest BCUT2D eigenvalue weighted by molar-refractivity contribution is -0.162. The first-order chi connectivity index (χ1) is 16.1. The van der Waals surface area contributed by atoms with E-state index in [0.717, 1.165) is 5.56 Å². The van der Waals surface area contributed by atoms with E-state index in [1.807, 2.05) is 44.2 Å². The van der Waals surface area contributed by atoms with E-state index in [2.05, 4.69) is 5.32 Å². The third-order valence-electron chi connectivity index (χ3n) is 4.62. The summed E-state index contributed by atoms with van der Waals surface area (Å²) in [6, 6.07) is 8.25. The minimum absolute atomic E-state index is 0.0181. The lowest BCUT2D eigenvalue weighted by Crippen LogP contribution is -2.45. The molecule has 0 unspecified atom stereocenters. The van der Waals surface area contributed by atoms with E-state index in [4.69, 9.17) is 14.2 Å². The van der Waals surface area contributed by atoms with Gasteiger partial charge in [0.05, 0.1) is 18.4 Å². The van der Waals surface area contributed by atoms with Crippen molar-refractivity contribution >= 4 is 23.8 Å². The number of ether oxygens (including phenoxy) is 3. The molecule has 35 heavy (non-hydrogen) atoms. The molecule has 0 spiro atoms. The zero-order chi connectivity index (χ0) is 26.8. The average Bonchev–Trinajstić information content (AvgIpc) is 2.68. The SMILES string of the molecule is CC(C)C[C@@H](NC(=O)OC(C)(C)C)C(=O)C[C@@H](CC(=O)OC(C)(C)C)C(=O)OCc1ccccc1. The third kappa shape index (κ3) is 13.5. The molecular weight excluding hydrogens is 450 g/mol. The van der Waals surface area contributed by atoms with Crippen LogP contribution in [0, 0.1) is 11.8 Å². The van der Waals surface area contributed by atoms with Gasteiger partial charge in [-0.15, -0.1) is 0 Å². The van der Waals surface area contributed by atoms with Crippen molar-refractivity contribution in [3.63, 3.8) is 0 Å². The zero-order valence-electron chi connectivity index (χ0n) is 22.3. The Morgan fingerprint density at radius 1 is 0.857 bits per heavy atom. The quantitative estimate of drug-likeness (QED) is 0.344. The molecule has 0 bridgehead atoms. The summed E-state index contributed by atoms with van der Waals surface area (Å²) >= 11 is 0. The van der Waals surface area contributed by atoms with E-state index in [1.54, 1.807) is 41.5 Å². The number of alkyl carbamates (subject to hydrolysis) is 1. The molecule has 1 aromatic carbocycles. The number of nitrogens with one attached hydrogen (secondary N) is 1. The fourth-order valence-corrected chi connectivity index (χ4v) is 3.25. The van der Waals surface area contributed by atoms with Crippen LogP contribution in [0.25, 0.3) is 0 Å². The van der Waals surface area contributed by atoms with Crippen LogP contribution in [0.15, 0.2) is 30.3 Å². The highest BCUT2D eigenvalue weighted by Gasteiger charge is 2.33. The van der Waals surface area contributed by atoms with E-state index in [0.29, 0.717) is 6.42 Å². The molecular formula is C27H41NO7. The Balaban J connectivity index is 3.00. The second kappa shape index (κ2) is 13.3. The first-order valence-corrected chi connectivity index (χ1v) is 12.0. The lowest BCUT2D eigenvalue weighted by atomic mass is 9.91. The van der Waals surface area contributed by atoms with Gasteiger partial charge in [0.1, 0.15) is 17.8 Å². The molecule has 0 aliphatic heterocycles. The predicted octanol–water partition coefficient (Wildman–Crippen LogP) is 4.98. The molecule has 1 aromatic rings. The summed E-state index contributed by atoms with van der Waals surface area (Å²) in [6.07, 6.45) is -0.944. The van der Waals surface area contributed by atoms with E-state index in [1.165, 1.54) is 0 Å². The smallest absolute Gasteiger partial charge is 0.408 e. The van der Waals surface area contributed by atoms with Crippen LogP contribution < -0.4 is 5.32 Å². The van der Waals surface area contributed by atoms with Gasteiger partial charge in [0.15, 0.2) is 5.78 Å². The number of rotatable bonds is 11. The van der Waals surface area contributed by atoms with Crippen molar-refractivity contribution in [2.45, 2.75) is 98.5 Å². The monoisotopic (exact) mass is 491 g/mol. The Bertz CT molecular complexity index is 851. The van der Waals surface area contributed by atoms with Gasteiger partial charge in [0.2, 0.25) is 0 Å². The number of amides is 1. The van der Waals surface area contributed by atoms with Gasteiger partial charge in [-0.05, 0) is 59.4 Å². The van der Waals surface area contributed by atoms with Crippen molar-refractivity contribution in [2.24, 2.45) is 11.8 Å². The van der Waals surface area contributed by atoms with Crippen LogP contribution in [-0.2, 0) is 35.2 Å². The van der Waals surface area contributed by atoms with Gasteiger partial charge in [-0.2, -0.15) is 0 Å². The first-order valence-electron chi connectivity index (χ1n) is 12.0. The highest BCUT2D eigenvalue weighted by atomic mass is 16.6.